The highest BCUT2D eigenvalue weighted by molar-refractivity contribution is 6.36. The molecule has 0 saturated carbocycles. The number of carbonyl (C=O) groups is 2. The molecule has 1 atom stereocenters. The van der Waals surface area contributed by atoms with Crippen LogP contribution in [0.25, 0.3) is 21.9 Å². The molecule has 1 unspecified atom stereocenters. The van der Waals surface area contributed by atoms with E-state index in [0.717, 1.165) is 5.69 Å². The summed E-state index contributed by atoms with van der Waals surface area (Å²) in [6.07, 6.45) is 2.51. The van der Waals surface area contributed by atoms with Gasteiger partial charge in [0.2, 0.25) is 11.8 Å². The van der Waals surface area contributed by atoms with Crippen LogP contribution in [-0.2, 0) is 17.8 Å². The predicted octanol–water partition coefficient (Wildman–Crippen LogP) is 6.42. The molecule has 2 aliphatic heterocycles. The summed E-state index contributed by atoms with van der Waals surface area (Å²) in [5, 5.41) is 18.9. The van der Waals surface area contributed by atoms with Crippen LogP contribution >= 0.6 is 11.6 Å². The number of pyridine rings is 2. The minimum atomic E-state index is -1.14. The van der Waals surface area contributed by atoms with E-state index >= 15 is 4.39 Å². The van der Waals surface area contributed by atoms with Gasteiger partial charge in [0.15, 0.2) is 5.82 Å². The van der Waals surface area contributed by atoms with Crippen molar-refractivity contribution in [3.8, 4) is 17.0 Å². The Bertz CT molecular complexity index is 1850. The lowest BCUT2D eigenvalue weighted by molar-refractivity contribution is -0.133. The van der Waals surface area contributed by atoms with Crippen molar-refractivity contribution in [3.63, 3.8) is 0 Å². The first-order valence-electron chi connectivity index (χ1n) is 14.8. The zero-order valence-electron chi connectivity index (χ0n) is 26.0. The fourth-order valence-corrected chi connectivity index (χ4v) is 6.35. The fraction of sp³-hybridized carbons (Fsp3) is 0.406. The van der Waals surface area contributed by atoms with E-state index in [2.05, 4.69) is 20.4 Å². The van der Waals surface area contributed by atoms with Crippen molar-refractivity contribution >= 4 is 51.7 Å². The van der Waals surface area contributed by atoms with Crippen molar-refractivity contribution in [2.24, 2.45) is 5.41 Å². The highest BCUT2D eigenvalue weighted by Crippen LogP contribution is 2.45. The number of ether oxygens (including phenoxy) is 1. The van der Waals surface area contributed by atoms with Crippen LogP contribution in [0.2, 0.25) is 5.02 Å². The zero-order chi connectivity index (χ0) is 32.4. The van der Waals surface area contributed by atoms with E-state index in [-0.39, 0.29) is 47.3 Å². The number of nitrogens with zero attached hydrogens (tertiary/aromatic N) is 6. The van der Waals surface area contributed by atoms with Crippen LogP contribution in [0.3, 0.4) is 0 Å². The second-order valence-corrected chi connectivity index (χ2v) is 13.3. The third kappa shape index (κ3) is 5.41. The normalized spacial score (nSPS) is 16.8. The van der Waals surface area contributed by atoms with Crippen molar-refractivity contribution in [1.82, 2.24) is 24.6 Å². The summed E-state index contributed by atoms with van der Waals surface area (Å²) in [5.41, 5.74) is 1.86. The van der Waals surface area contributed by atoms with Crippen LogP contribution in [0.1, 0.15) is 45.9 Å². The van der Waals surface area contributed by atoms with Crippen molar-refractivity contribution in [2.45, 2.75) is 66.6 Å². The number of nitrogens with one attached hydrogen (secondary N) is 1. The number of rotatable bonds is 4. The number of carbonyl (C=O) groups excluding carboxylic acids is 1. The maximum Gasteiger partial charge on any atom is 0.412 e. The number of fused-ring (bicyclic) bond motifs is 3. The molecule has 0 fully saturated rings. The van der Waals surface area contributed by atoms with Crippen molar-refractivity contribution in [2.75, 3.05) is 23.4 Å². The van der Waals surface area contributed by atoms with Gasteiger partial charge in [-0.1, -0.05) is 32.4 Å². The van der Waals surface area contributed by atoms with Gasteiger partial charge in [-0.3, -0.25) is 14.4 Å². The van der Waals surface area contributed by atoms with Crippen LogP contribution in [0.4, 0.5) is 26.5 Å². The maximum absolute atomic E-state index is 15.9. The molecule has 0 aliphatic carbocycles. The van der Waals surface area contributed by atoms with E-state index in [4.69, 9.17) is 16.3 Å². The molecule has 0 spiro atoms. The Kier molecular flexibility index (Phi) is 7.59. The van der Waals surface area contributed by atoms with E-state index in [1.807, 2.05) is 45.6 Å². The first-order valence-corrected chi connectivity index (χ1v) is 15.2. The lowest BCUT2D eigenvalue weighted by atomic mass is 9.85. The Hall–Kier alpha value is -4.45. The number of hydrogen-bond donors (Lipinski definition) is 2. The van der Waals surface area contributed by atoms with Gasteiger partial charge in [0.05, 0.1) is 11.1 Å². The SMILES string of the molecule is Cc1c(-c2cc3cc(Nc4cc5n(n4)CC(=O)N(C(C)C)CC5)ncc3c(Cl)c2F)cnc2c1N(C(=O)O)C(C(C)(C)C)CO2. The summed E-state index contributed by atoms with van der Waals surface area (Å²) in [4.78, 5) is 37.1. The topological polar surface area (TPSA) is 126 Å². The lowest BCUT2D eigenvalue weighted by Crippen LogP contribution is -2.53. The summed E-state index contributed by atoms with van der Waals surface area (Å²) >= 11 is 6.55. The Morgan fingerprint density at radius 1 is 1.16 bits per heavy atom. The molecule has 13 heteroatoms. The molecule has 0 bridgehead atoms. The molecule has 1 aromatic carbocycles. The molecule has 2 amide bonds. The Morgan fingerprint density at radius 2 is 1.91 bits per heavy atom. The number of benzene rings is 1. The summed E-state index contributed by atoms with van der Waals surface area (Å²) in [6, 6.07) is 4.93. The molecule has 11 nitrogen and oxygen atoms in total. The molecule has 2 N–H and O–H groups in total. The maximum atomic E-state index is 15.9. The van der Waals surface area contributed by atoms with Gasteiger partial charge in [-0.25, -0.2) is 19.2 Å². The minimum Gasteiger partial charge on any atom is -0.474 e. The minimum absolute atomic E-state index is 0.0188. The average molecular weight is 636 g/mol. The number of halogens is 2. The van der Waals surface area contributed by atoms with Crippen LogP contribution < -0.4 is 15.0 Å². The van der Waals surface area contributed by atoms with Gasteiger partial charge in [-0.2, -0.15) is 5.10 Å². The number of anilines is 3. The van der Waals surface area contributed by atoms with E-state index in [9.17, 15) is 14.7 Å². The number of hydrogen-bond acceptors (Lipinski definition) is 7. The number of amides is 2. The Balaban J connectivity index is 1.37. The molecule has 0 saturated heterocycles. The van der Waals surface area contributed by atoms with Crippen molar-refractivity contribution < 1.29 is 23.8 Å². The van der Waals surface area contributed by atoms with E-state index in [1.165, 1.54) is 17.3 Å². The molecule has 4 aromatic rings. The first kappa shape index (κ1) is 30.6. The molecule has 236 valence electrons. The summed E-state index contributed by atoms with van der Waals surface area (Å²) in [6.45, 7) is 12.5. The van der Waals surface area contributed by atoms with Gasteiger partial charge in [-0.05, 0) is 49.3 Å². The standard InChI is InChI=1S/C32H35ClFN7O4/c1-16(2)39-8-7-19-11-25(38-40(19)14-26(39)42)37-24-10-18-9-20(28(34)27(33)22(18)13-35-24)21-12-36-30-29(17(21)3)41(31(43)44)23(15-45-30)32(4,5)6/h9-13,16,23H,7-8,14-15H2,1-6H3,(H,43,44)(H,35,37,38). The first-order chi connectivity index (χ1) is 21.2. The van der Waals surface area contributed by atoms with Crippen LogP contribution in [0.5, 0.6) is 5.88 Å². The smallest absolute Gasteiger partial charge is 0.412 e. The quantitative estimate of drug-likeness (QED) is 0.263. The molecule has 0 radical (unpaired) electrons. The molecule has 5 heterocycles. The molecule has 45 heavy (non-hydrogen) atoms. The molecular formula is C32H35ClFN7O4. The highest BCUT2D eigenvalue weighted by Gasteiger charge is 2.41. The van der Waals surface area contributed by atoms with Gasteiger partial charge in [0.25, 0.3) is 0 Å². The number of aromatic nitrogens is 4. The monoisotopic (exact) mass is 635 g/mol. The van der Waals surface area contributed by atoms with E-state index in [1.54, 1.807) is 23.7 Å². The summed E-state index contributed by atoms with van der Waals surface area (Å²) < 4.78 is 23.5. The largest absolute Gasteiger partial charge is 0.474 e. The molecule has 2 aliphatic rings. The van der Waals surface area contributed by atoms with Crippen LogP contribution in [0, 0.1) is 18.2 Å². The predicted molar refractivity (Wildman–Crippen MR) is 170 cm³/mol. The lowest BCUT2D eigenvalue weighted by Gasteiger charge is -2.42. The van der Waals surface area contributed by atoms with Crippen LogP contribution in [0.15, 0.2) is 30.6 Å². The highest BCUT2D eigenvalue weighted by atomic mass is 35.5. The average Bonchev–Trinajstić information content (AvgIpc) is 3.26. The second kappa shape index (κ2) is 11.2. The molecule has 6 rings (SSSR count). The zero-order valence-corrected chi connectivity index (χ0v) is 26.7. The third-order valence-corrected chi connectivity index (χ3v) is 8.93. The number of carboxylic acid groups (broad SMARTS) is 1. The third-order valence-electron chi connectivity index (χ3n) is 8.56. The molecule has 3 aromatic heterocycles. The van der Waals surface area contributed by atoms with Gasteiger partial charge in [0.1, 0.15) is 30.5 Å². The summed E-state index contributed by atoms with van der Waals surface area (Å²) in [7, 11) is 0. The Labute approximate surface area is 265 Å². The van der Waals surface area contributed by atoms with E-state index < -0.39 is 23.4 Å². The van der Waals surface area contributed by atoms with Crippen molar-refractivity contribution in [1.29, 1.82) is 0 Å². The molecular weight excluding hydrogens is 601 g/mol. The fourth-order valence-electron chi connectivity index (χ4n) is 6.09. The van der Waals surface area contributed by atoms with E-state index in [0.29, 0.717) is 46.5 Å². The summed E-state index contributed by atoms with van der Waals surface area (Å²) in [5.74, 6) is 0.524. The van der Waals surface area contributed by atoms with Crippen LogP contribution in [-0.4, -0.2) is 67.0 Å². The van der Waals surface area contributed by atoms with Gasteiger partial charge in [0, 0.05) is 59.7 Å². The van der Waals surface area contributed by atoms with Gasteiger partial charge in [-0.15, -0.1) is 0 Å². The second-order valence-electron chi connectivity index (χ2n) is 12.9. The van der Waals surface area contributed by atoms with Crippen molar-refractivity contribution in [3.05, 3.63) is 52.7 Å². The van der Waals surface area contributed by atoms with Gasteiger partial charge >= 0.3 is 6.09 Å². The Morgan fingerprint density at radius 3 is 2.60 bits per heavy atom. The van der Waals surface area contributed by atoms with Gasteiger partial charge < -0.3 is 20.1 Å².